The van der Waals surface area contributed by atoms with Gasteiger partial charge in [-0.25, -0.2) is 0 Å². The average molecular weight is 411 g/mol. The summed E-state index contributed by atoms with van der Waals surface area (Å²) in [6, 6.07) is 17.1. The standard InChI is InChI=1S/C23H30N4O3/c1-18(23(29)24-16-19-6-4-3-5-7-19)26(2)17-22(28)25-20-8-10-21(11-9-20)27-12-14-30-15-13-27/h3-11,18H,12-17H2,1-2H3,(H,24,29)(H,25,28). The molecule has 3 rings (SSSR count). The van der Waals surface area contributed by atoms with Crippen molar-refractivity contribution in [1.29, 1.82) is 0 Å². The quantitative estimate of drug-likeness (QED) is 0.697. The lowest BCUT2D eigenvalue weighted by molar-refractivity contribution is -0.126. The normalized spacial score (nSPS) is 15.0. The summed E-state index contributed by atoms with van der Waals surface area (Å²) in [6.45, 7) is 5.63. The highest BCUT2D eigenvalue weighted by Gasteiger charge is 2.20. The number of nitrogens with one attached hydrogen (secondary N) is 2. The molecule has 7 heteroatoms. The van der Waals surface area contributed by atoms with Gasteiger partial charge in [-0.3, -0.25) is 14.5 Å². The van der Waals surface area contributed by atoms with Gasteiger partial charge in [0.05, 0.1) is 25.8 Å². The second-order valence-corrected chi connectivity index (χ2v) is 7.49. The molecule has 2 aromatic carbocycles. The molecule has 0 aliphatic carbocycles. The van der Waals surface area contributed by atoms with Crippen LogP contribution >= 0.6 is 0 Å². The molecule has 2 amide bonds. The molecule has 1 saturated heterocycles. The van der Waals surface area contributed by atoms with Crippen molar-refractivity contribution in [1.82, 2.24) is 10.2 Å². The van der Waals surface area contributed by atoms with E-state index in [-0.39, 0.29) is 18.4 Å². The van der Waals surface area contributed by atoms with E-state index in [1.54, 1.807) is 18.9 Å². The Kier molecular flexibility index (Phi) is 7.82. The fourth-order valence-corrected chi connectivity index (χ4v) is 3.27. The molecule has 0 spiro atoms. The van der Waals surface area contributed by atoms with E-state index in [1.165, 1.54) is 0 Å². The van der Waals surface area contributed by atoms with E-state index in [9.17, 15) is 9.59 Å². The van der Waals surface area contributed by atoms with Gasteiger partial charge in [-0.05, 0) is 43.8 Å². The maximum atomic E-state index is 12.4. The van der Waals surface area contributed by atoms with Crippen LogP contribution in [-0.2, 0) is 20.9 Å². The molecular weight excluding hydrogens is 380 g/mol. The summed E-state index contributed by atoms with van der Waals surface area (Å²) in [6.07, 6.45) is 0. The van der Waals surface area contributed by atoms with E-state index in [0.29, 0.717) is 6.54 Å². The van der Waals surface area contributed by atoms with Crippen molar-refractivity contribution in [3.8, 4) is 0 Å². The first-order valence-corrected chi connectivity index (χ1v) is 10.3. The Bertz CT molecular complexity index is 820. The Morgan fingerprint density at radius 2 is 1.73 bits per heavy atom. The number of amides is 2. The number of ether oxygens (including phenoxy) is 1. The topological polar surface area (TPSA) is 73.9 Å². The first-order chi connectivity index (χ1) is 14.5. The van der Waals surface area contributed by atoms with Crippen LogP contribution in [0.15, 0.2) is 54.6 Å². The molecule has 1 heterocycles. The van der Waals surface area contributed by atoms with Gasteiger partial charge in [0.1, 0.15) is 0 Å². The van der Waals surface area contributed by atoms with Crippen LogP contribution in [0, 0.1) is 0 Å². The number of benzene rings is 2. The van der Waals surface area contributed by atoms with E-state index >= 15 is 0 Å². The molecule has 0 bridgehead atoms. The van der Waals surface area contributed by atoms with Crippen molar-refractivity contribution in [2.24, 2.45) is 0 Å². The highest BCUT2D eigenvalue weighted by atomic mass is 16.5. The fourth-order valence-electron chi connectivity index (χ4n) is 3.27. The third kappa shape index (κ3) is 6.30. The van der Waals surface area contributed by atoms with Gasteiger partial charge in [-0.2, -0.15) is 0 Å². The summed E-state index contributed by atoms with van der Waals surface area (Å²) < 4.78 is 5.38. The predicted octanol–water partition coefficient (Wildman–Crippen LogP) is 2.10. The maximum Gasteiger partial charge on any atom is 0.238 e. The number of likely N-dealkylation sites (N-methyl/N-ethyl adjacent to an activating group) is 1. The van der Waals surface area contributed by atoms with E-state index < -0.39 is 6.04 Å². The van der Waals surface area contributed by atoms with Gasteiger partial charge in [-0.15, -0.1) is 0 Å². The van der Waals surface area contributed by atoms with Gasteiger partial charge in [0.2, 0.25) is 11.8 Å². The third-order valence-electron chi connectivity index (χ3n) is 5.27. The lowest BCUT2D eigenvalue weighted by atomic mass is 10.2. The molecule has 1 unspecified atom stereocenters. The van der Waals surface area contributed by atoms with E-state index in [0.717, 1.165) is 43.2 Å². The molecule has 1 atom stereocenters. The van der Waals surface area contributed by atoms with Crippen molar-refractivity contribution in [2.45, 2.75) is 19.5 Å². The van der Waals surface area contributed by atoms with Crippen molar-refractivity contribution < 1.29 is 14.3 Å². The molecule has 2 N–H and O–H groups in total. The summed E-state index contributed by atoms with van der Waals surface area (Å²) in [7, 11) is 1.77. The fraction of sp³-hybridized carbons (Fsp3) is 0.391. The smallest absolute Gasteiger partial charge is 0.238 e. The van der Waals surface area contributed by atoms with E-state index in [4.69, 9.17) is 4.74 Å². The Morgan fingerprint density at radius 3 is 2.40 bits per heavy atom. The molecule has 30 heavy (non-hydrogen) atoms. The number of carbonyl (C=O) groups is 2. The third-order valence-corrected chi connectivity index (χ3v) is 5.27. The van der Waals surface area contributed by atoms with Crippen molar-refractivity contribution in [3.63, 3.8) is 0 Å². The van der Waals surface area contributed by atoms with Gasteiger partial charge >= 0.3 is 0 Å². The highest BCUT2D eigenvalue weighted by molar-refractivity contribution is 5.93. The van der Waals surface area contributed by atoms with E-state index in [2.05, 4.69) is 15.5 Å². The number of morpholine rings is 1. The zero-order chi connectivity index (χ0) is 21.3. The lowest BCUT2D eigenvalue weighted by Gasteiger charge is -2.29. The van der Waals surface area contributed by atoms with Gasteiger partial charge in [-0.1, -0.05) is 30.3 Å². The van der Waals surface area contributed by atoms with Crippen LogP contribution in [0.3, 0.4) is 0 Å². The Balaban J connectivity index is 1.44. The van der Waals surface area contributed by atoms with Crippen molar-refractivity contribution in [2.75, 3.05) is 50.1 Å². The number of carbonyl (C=O) groups excluding carboxylic acids is 2. The average Bonchev–Trinajstić information content (AvgIpc) is 2.78. The second kappa shape index (κ2) is 10.8. The van der Waals surface area contributed by atoms with Gasteiger partial charge in [0.25, 0.3) is 0 Å². The summed E-state index contributed by atoms with van der Waals surface area (Å²) >= 11 is 0. The van der Waals surface area contributed by atoms with Crippen LogP contribution in [0.2, 0.25) is 0 Å². The van der Waals surface area contributed by atoms with Crippen LogP contribution in [0.25, 0.3) is 0 Å². The van der Waals surface area contributed by atoms with Crippen LogP contribution in [0.1, 0.15) is 12.5 Å². The maximum absolute atomic E-state index is 12.4. The molecule has 1 aliphatic rings. The number of hydrogen-bond acceptors (Lipinski definition) is 5. The van der Waals surface area contributed by atoms with Crippen LogP contribution in [0.5, 0.6) is 0 Å². The summed E-state index contributed by atoms with van der Waals surface area (Å²) in [5.41, 5.74) is 2.91. The lowest BCUT2D eigenvalue weighted by Crippen LogP contribution is -2.45. The van der Waals surface area contributed by atoms with Gasteiger partial charge in [0.15, 0.2) is 0 Å². The first-order valence-electron chi connectivity index (χ1n) is 10.3. The Morgan fingerprint density at radius 1 is 1.07 bits per heavy atom. The molecule has 0 saturated carbocycles. The zero-order valence-electron chi connectivity index (χ0n) is 17.6. The summed E-state index contributed by atoms with van der Waals surface area (Å²) in [5.74, 6) is -0.261. The molecule has 7 nitrogen and oxygen atoms in total. The first kappa shape index (κ1) is 21.8. The number of rotatable bonds is 8. The van der Waals surface area contributed by atoms with Gasteiger partial charge in [0, 0.05) is 31.0 Å². The number of hydrogen-bond donors (Lipinski definition) is 2. The molecule has 1 aliphatic heterocycles. The minimum Gasteiger partial charge on any atom is -0.378 e. The Hall–Kier alpha value is -2.90. The molecule has 2 aromatic rings. The molecular formula is C23H30N4O3. The minimum absolute atomic E-state index is 0.107. The molecule has 160 valence electrons. The Labute approximate surface area is 178 Å². The van der Waals surface area contributed by atoms with Crippen molar-refractivity contribution in [3.05, 3.63) is 60.2 Å². The monoisotopic (exact) mass is 410 g/mol. The zero-order valence-corrected chi connectivity index (χ0v) is 17.6. The summed E-state index contributed by atoms with van der Waals surface area (Å²) in [5, 5.41) is 5.81. The van der Waals surface area contributed by atoms with E-state index in [1.807, 2.05) is 54.6 Å². The van der Waals surface area contributed by atoms with Crippen LogP contribution in [-0.4, -0.2) is 62.7 Å². The number of anilines is 2. The highest BCUT2D eigenvalue weighted by Crippen LogP contribution is 2.19. The second-order valence-electron chi connectivity index (χ2n) is 7.49. The largest absolute Gasteiger partial charge is 0.378 e. The van der Waals surface area contributed by atoms with Crippen molar-refractivity contribution >= 4 is 23.2 Å². The minimum atomic E-state index is -0.414. The van der Waals surface area contributed by atoms with Crippen LogP contribution in [0.4, 0.5) is 11.4 Å². The SMILES string of the molecule is CC(C(=O)NCc1ccccc1)N(C)CC(=O)Nc1ccc(N2CCOCC2)cc1. The summed E-state index contributed by atoms with van der Waals surface area (Å²) in [4.78, 5) is 28.8. The molecule has 1 fully saturated rings. The molecule has 0 aromatic heterocycles. The van der Waals surface area contributed by atoms with Crippen LogP contribution < -0.4 is 15.5 Å². The molecule has 0 radical (unpaired) electrons. The predicted molar refractivity (Wildman–Crippen MR) is 118 cm³/mol. The van der Waals surface area contributed by atoms with Gasteiger partial charge < -0.3 is 20.3 Å². The number of nitrogens with zero attached hydrogens (tertiary/aromatic N) is 2.